The number of rotatable bonds is 5. The zero-order chi connectivity index (χ0) is 13.7. The standard InChI is InChI=1S/C8H16O8P2/c1-7(2-3-8(15-7)4-5-8)6-14-18(12,13)16-17(9,10)11/h2-6H2,1H3,(H,12,13)(H2,9,10,11). The molecular formula is C8H16O8P2. The Balaban J connectivity index is 1.87. The van der Waals surface area contributed by atoms with Crippen LogP contribution >= 0.6 is 15.6 Å². The fourth-order valence-corrected chi connectivity index (χ4v) is 3.79. The summed E-state index contributed by atoms with van der Waals surface area (Å²) in [6.07, 6.45) is 3.47. The van der Waals surface area contributed by atoms with Crippen LogP contribution in [-0.4, -0.2) is 32.5 Å². The van der Waals surface area contributed by atoms with E-state index in [9.17, 15) is 9.13 Å². The maximum absolute atomic E-state index is 11.3. The van der Waals surface area contributed by atoms with E-state index >= 15 is 0 Å². The number of ether oxygens (including phenoxy) is 1. The summed E-state index contributed by atoms with van der Waals surface area (Å²) in [6.45, 7) is 1.49. The maximum Gasteiger partial charge on any atom is 0.481 e. The molecule has 0 bridgehead atoms. The van der Waals surface area contributed by atoms with Crippen molar-refractivity contribution < 1.29 is 37.4 Å². The highest BCUT2D eigenvalue weighted by Gasteiger charge is 2.54. The van der Waals surface area contributed by atoms with Gasteiger partial charge in [-0.2, -0.15) is 4.31 Å². The molecule has 2 atom stereocenters. The lowest BCUT2D eigenvalue weighted by molar-refractivity contribution is -0.0702. The molecule has 2 aliphatic rings. The monoisotopic (exact) mass is 302 g/mol. The van der Waals surface area contributed by atoms with Gasteiger partial charge < -0.3 is 19.4 Å². The van der Waals surface area contributed by atoms with Crippen molar-refractivity contribution in [1.82, 2.24) is 0 Å². The molecule has 1 saturated carbocycles. The number of hydrogen-bond acceptors (Lipinski definition) is 5. The summed E-state index contributed by atoms with van der Waals surface area (Å²) in [7, 11) is -9.84. The first kappa shape index (κ1) is 14.6. The van der Waals surface area contributed by atoms with Gasteiger partial charge in [-0.05, 0) is 32.6 Å². The average Bonchev–Trinajstić information content (AvgIpc) is 2.80. The molecule has 1 saturated heterocycles. The molecule has 8 nitrogen and oxygen atoms in total. The first-order valence-corrected chi connectivity index (χ1v) is 8.50. The van der Waals surface area contributed by atoms with Crippen LogP contribution in [-0.2, 0) is 22.7 Å². The topological polar surface area (TPSA) is 123 Å². The first-order valence-electron chi connectivity index (χ1n) is 5.48. The highest BCUT2D eigenvalue weighted by atomic mass is 31.3. The van der Waals surface area contributed by atoms with Crippen LogP contribution in [0.15, 0.2) is 0 Å². The second-order valence-corrected chi connectivity index (χ2v) is 7.88. The zero-order valence-electron chi connectivity index (χ0n) is 9.81. The molecule has 0 amide bonds. The fourth-order valence-electron chi connectivity index (χ4n) is 2.09. The third kappa shape index (κ3) is 3.85. The minimum absolute atomic E-state index is 0.109. The van der Waals surface area contributed by atoms with Crippen molar-refractivity contribution in [2.24, 2.45) is 0 Å². The highest BCUT2D eigenvalue weighted by molar-refractivity contribution is 7.60. The van der Waals surface area contributed by atoms with E-state index in [1.807, 2.05) is 0 Å². The Morgan fingerprint density at radius 2 is 1.72 bits per heavy atom. The van der Waals surface area contributed by atoms with Crippen LogP contribution in [0.4, 0.5) is 0 Å². The molecule has 1 spiro atoms. The molecule has 1 aliphatic carbocycles. The van der Waals surface area contributed by atoms with Gasteiger partial charge in [0.2, 0.25) is 0 Å². The average molecular weight is 302 g/mol. The summed E-state index contributed by atoms with van der Waals surface area (Å²) in [5, 5.41) is 0. The highest BCUT2D eigenvalue weighted by Crippen LogP contribution is 2.59. The Hall–Kier alpha value is 0.220. The minimum atomic E-state index is -5.06. The Morgan fingerprint density at radius 1 is 1.17 bits per heavy atom. The molecule has 3 N–H and O–H groups in total. The summed E-state index contributed by atoms with van der Waals surface area (Å²) in [4.78, 5) is 26.0. The summed E-state index contributed by atoms with van der Waals surface area (Å²) in [5.74, 6) is 0. The SMILES string of the molecule is CC1(COP(=O)(O)OP(=O)(O)O)CCC2(CC2)O1. The summed E-state index contributed by atoms with van der Waals surface area (Å²) in [5.41, 5.74) is -0.825. The molecule has 1 heterocycles. The summed E-state index contributed by atoms with van der Waals surface area (Å²) in [6, 6.07) is 0. The third-order valence-corrected chi connectivity index (χ3v) is 5.25. The molecule has 2 fully saturated rings. The largest absolute Gasteiger partial charge is 0.481 e. The van der Waals surface area contributed by atoms with Crippen LogP contribution < -0.4 is 0 Å². The molecule has 0 aromatic carbocycles. The summed E-state index contributed by atoms with van der Waals surface area (Å²) >= 11 is 0. The third-order valence-electron chi connectivity index (χ3n) is 3.12. The Morgan fingerprint density at radius 3 is 2.17 bits per heavy atom. The first-order chi connectivity index (χ1) is 8.04. The maximum atomic E-state index is 11.3. The van der Waals surface area contributed by atoms with Gasteiger partial charge in [-0.3, -0.25) is 4.52 Å². The van der Waals surface area contributed by atoms with Gasteiger partial charge in [0.25, 0.3) is 0 Å². The molecule has 0 aromatic rings. The van der Waals surface area contributed by atoms with Crippen molar-refractivity contribution in [2.45, 2.75) is 43.8 Å². The van der Waals surface area contributed by atoms with Crippen molar-refractivity contribution in [1.29, 1.82) is 0 Å². The lowest BCUT2D eigenvalue weighted by Gasteiger charge is -2.25. The molecule has 106 valence electrons. The Kier molecular flexibility index (Phi) is 3.55. The van der Waals surface area contributed by atoms with Crippen LogP contribution in [0, 0.1) is 0 Å². The van der Waals surface area contributed by atoms with E-state index in [1.54, 1.807) is 6.92 Å². The molecule has 10 heteroatoms. The second kappa shape index (κ2) is 4.36. The normalized spacial score (nSPS) is 33.6. The molecule has 18 heavy (non-hydrogen) atoms. The van der Waals surface area contributed by atoms with Crippen molar-refractivity contribution in [3.8, 4) is 0 Å². The molecule has 1 aliphatic heterocycles. The second-order valence-electron chi connectivity index (χ2n) is 5.05. The molecule has 2 unspecified atom stereocenters. The molecule has 0 aromatic heterocycles. The van der Waals surface area contributed by atoms with E-state index in [4.69, 9.17) is 19.4 Å². The predicted octanol–water partition coefficient (Wildman–Crippen LogP) is 1.31. The van der Waals surface area contributed by atoms with Gasteiger partial charge >= 0.3 is 15.6 Å². The van der Waals surface area contributed by atoms with Crippen LogP contribution in [0.3, 0.4) is 0 Å². The Bertz CT molecular complexity index is 427. The minimum Gasteiger partial charge on any atom is -0.366 e. The van der Waals surface area contributed by atoms with Gasteiger partial charge in [-0.15, -0.1) is 0 Å². The van der Waals surface area contributed by atoms with Gasteiger partial charge in [0, 0.05) is 0 Å². The van der Waals surface area contributed by atoms with Crippen LogP contribution in [0.5, 0.6) is 0 Å². The molecule has 2 rings (SSSR count). The van der Waals surface area contributed by atoms with Crippen LogP contribution in [0.25, 0.3) is 0 Å². The van der Waals surface area contributed by atoms with Crippen LogP contribution in [0.2, 0.25) is 0 Å². The van der Waals surface area contributed by atoms with E-state index in [1.165, 1.54) is 0 Å². The zero-order valence-corrected chi connectivity index (χ0v) is 11.6. The quantitative estimate of drug-likeness (QED) is 0.650. The van der Waals surface area contributed by atoms with Gasteiger partial charge in [0.1, 0.15) is 0 Å². The van der Waals surface area contributed by atoms with E-state index in [2.05, 4.69) is 8.83 Å². The fraction of sp³-hybridized carbons (Fsp3) is 1.00. The van der Waals surface area contributed by atoms with Gasteiger partial charge in [-0.1, -0.05) is 0 Å². The smallest absolute Gasteiger partial charge is 0.366 e. The van der Waals surface area contributed by atoms with Crippen molar-refractivity contribution in [2.75, 3.05) is 6.61 Å². The lowest BCUT2D eigenvalue weighted by atomic mass is 10.0. The predicted molar refractivity (Wildman–Crippen MR) is 59.6 cm³/mol. The van der Waals surface area contributed by atoms with E-state index < -0.39 is 21.2 Å². The molecular weight excluding hydrogens is 286 g/mol. The van der Waals surface area contributed by atoms with Crippen molar-refractivity contribution in [3.05, 3.63) is 0 Å². The van der Waals surface area contributed by atoms with Gasteiger partial charge in [-0.25, -0.2) is 9.13 Å². The van der Waals surface area contributed by atoms with Crippen molar-refractivity contribution in [3.63, 3.8) is 0 Å². The van der Waals surface area contributed by atoms with Gasteiger partial charge in [0.05, 0.1) is 17.8 Å². The van der Waals surface area contributed by atoms with Crippen LogP contribution in [0.1, 0.15) is 32.6 Å². The van der Waals surface area contributed by atoms with Crippen molar-refractivity contribution >= 4 is 15.6 Å². The summed E-state index contributed by atoms with van der Waals surface area (Å²) < 4.78 is 35.8. The van der Waals surface area contributed by atoms with E-state index in [0.29, 0.717) is 6.42 Å². The van der Waals surface area contributed by atoms with E-state index in [-0.39, 0.29) is 12.2 Å². The number of phosphoric ester groups is 1. The number of hydrogen-bond donors (Lipinski definition) is 3. The van der Waals surface area contributed by atoms with E-state index in [0.717, 1.165) is 19.3 Å². The lowest BCUT2D eigenvalue weighted by Crippen LogP contribution is -2.31. The Labute approximate surface area is 104 Å². The molecule has 0 radical (unpaired) electrons. The van der Waals surface area contributed by atoms with Gasteiger partial charge in [0.15, 0.2) is 0 Å². The number of phosphoric acid groups is 2.